The highest BCUT2D eigenvalue weighted by molar-refractivity contribution is 5.86. The molecule has 78 heavy (non-hydrogen) atoms. The number of nitrogens with two attached hydrogens (primary N) is 2. The number of guanidine groups is 2. The quantitative estimate of drug-likeness (QED) is 0.0118. The van der Waals surface area contributed by atoms with Crippen LogP contribution in [0.5, 0.6) is 0 Å². The van der Waals surface area contributed by atoms with Gasteiger partial charge >= 0.3 is 11.9 Å². The smallest absolute Gasteiger partial charge is 0.370 e. The molecule has 0 aromatic carbocycles. The molecule has 4 amide bonds. The van der Waals surface area contributed by atoms with Crippen molar-refractivity contribution in [3.8, 4) is 12.3 Å². The van der Waals surface area contributed by atoms with E-state index in [1.165, 1.54) is 13.0 Å². The Morgan fingerprint density at radius 1 is 0.718 bits per heavy atom. The number of aliphatic hydroxyl groups excluding tert-OH is 4. The highest BCUT2D eigenvalue weighted by atomic mass is 16.6. The summed E-state index contributed by atoms with van der Waals surface area (Å²) in [5, 5.41) is 88.1. The van der Waals surface area contributed by atoms with Crippen LogP contribution in [0, 0.1) is 23.2 Å². The summed E-state index contributed by atoms with van der Waals surface area (Å²) in [5.41, 5.74) is 10.9. The van der Waals surface area contributed by atoms with Gasteiger partial charge in [-0.25, -0.2) is 9.59 Å². The van der Waals surface area contributed by atoms with Crippen molar-refractivity contribution < 1.29 is 97.3 Å². The summed E-state index contributed by atoms with van der Waals surface area (Å²) in [4.78, 5) is 76.5. The van der Waals surface area contributed by atoms with E-state index in [2.05, 4.69) is 32.5 Å². The van der Waals surface area contributed by atoms with Crippen LogP contribution in [0.15, 0.2) is 23.7 Å². The number of ether oxygens (including phenoxy) is 8. The molecule has 0 bridgehead atoms. The lowest BCUT2D eigenvalue weighted by atomic mass is 9.91. The van der Waals surface area contributed by atoms with Crippen LogP contribution >= 0.6 is 0 Å². The Kier molecular flexibility index (Phi) is 33.9. The SMILES string of the molecule is C#CCOCCOCCOCCOCCC(=O)N(CCCCCNC(=O)CO[C@H]([C@H](O)CO)[C@H]1C[C@@H](NC(=N)N)C=C(C(=O)O)O1)CCCCCNC(=O)CO[C@@H]([C@@H]1OC(C(=O)O)=C[C@H](NC(=N)N)[C@H]1NC(C)=O)[C@H](O)CO. The second-order valence-electron chi connectivity index (χ2n) is 17.7. The topological polar surface area (TPSA) is 461 Å². The zero-order chi connectivity index (χ0) is 57.8. The Bertz CT molecular complexity index is 1990. The standard InChI is InChI=1S/C48H80N10O20/c1-3-15-71-17-19-73-21-22-74-20-18-72-16-10-40(66)58(13-8-4-6-11-53-38(64)28-75-42(33(62)26-59)35-23-31(56-47(49)50)24-36(77-35)45(67)68)14-9-5-7-12-54-39(65)29-76-43(34(63)27-60)44-41(55-30(2)61)32(57-48(51)52)25-37(78-44)46(69)70/h1,24-25,31-35,41-44,59-60,62-63H,4-23,26-29H2,2H3,(H,53,64)(H,54,65)(H,55,61)(H,67,68)(H,69,70)(H4,49,50,56)(H4,51,52,57)/t31-,32+,33-,34-,35-,41-,42-,43-,44-/m1/s1. The van der Waals surface area contributed by atoms with Gasteiger partial charge in [-0.15, -0.1) is 6.42 Å². The van der Waals surface area contributed by atoms with Gasteiger partial charge in [-0.1, -0.05) is 5.92 Å². The lowest BCUT2D eigenvalue weighted by Crippen LogP contribution is -2.64. The first-order chi connectivity index (χ1) is 37.3. The van der Waals surface area contributed by atoms with Crippen molar-refractivity contribution in [2.75, 3.05) is 105 Å². The van der Waals surface area contributed by atoms with Gasteiger partial charge in [0.25, 0.3) is 0 Å². The molecule has 0 fully saturated rings. The fraction of sp³-hybridized carbons (Fsp3) is 0.708. The van der Waals surface area contributed by atoms with Crippen LogP contribution in [0.1, 0.15) is 58.3 Å². The number of unbranched alkanes of at least 4 members (excludes halogenated alkanes) is 4. The van der Waals surface area contributed by atoms with Crippen molar-refractivity contribution in [3.05, 3.63) is 23.7 Å². The predicted molar refractivity (Wildman–Crippen MR) is 274 cm³/mol. The summed E-state index contributed by atoms with van der Waals surface area (Å²) in [6, 6.07) is -3.08. The second-order valence-corrected chi connectivity index (χ2v) is 17.7. The van der Waals surface area contributed by atoms with E-state index in [0.717, 1.165) is 6.08 Å². The minimum Gasteiger partial charge on any atom is -0.480 e. The number of nitrogens with zero attached hydrogens (tertiary/aromatic N) is 1. The molecule has 17 N–H and O–H groups in total. The van der Waals surface area contributed by atoms with Crippen LogP contribution in [0.3, 0.4) is 0 Å². The number of amides is 4. The van der Waals surface area contributed by atoms with Crippen molar-refractivity contribution in [3.63, 3.8) is 0 Å². The fourth-order valence-electron chi connectivity index (χ4n) is 7.89. The van der Waals surface area contributed by atoms with Gasteiger partial charge < -0.3 is 111 Å². The largest absolute Gasteiger partial charge is 0.480 e. The number of rotatable bonds is 42. The number of nitrogens with one attached hydrogen (secondary N) is 7. The molecule has 0 aromatic heterocycles. The molecular weight excluding hydrogens is 1040 g/mol. The van der Waals surface area contributed by atoms with Gasteiger partial charge in [0.2, 0.25) is 35.1 Å². The van der Waals surface area contributed by atoms with E-state index in [1.807, 2.05) is 0 Å². The van der Waals surface area contributed by atoms with Gasteiger partial charge in [-0.2, -0.15) is 0 Å². The average molecular weight is 1120 g/mol. The number of terminal acetylenes is 1. The van der Waals surface area contributed by atoms with Gasteiger partial charge in [0.05, 0.1) is 84.0 Å². The summed E-state index contributed by atoms with van der Waals surface area (Å²) >= 11 is 0. The lowest BCUT2D eigenvalue weighted by molar-refractivity contribution is -0.159. The molecule has 2 rings (SSSR count). The van der Waals surface area contributed by atoms with Crippen LogP contribution < -0.4 is 38.1 Å². The lowest BCUT2D eigenvalue weighted by Gasteiger charge is -2.41. The number of carbonyl (C=O) groups is 6. The van der Waals surface area contributed by atoms with E-state index < -0.39 is 134 Å². The number of hydrogen-bond donors (Lipinski definition) is 15. The predicted octanol–water partition coefficient (Wildman–Crippen LogP) is -4.71. The molecule has 0 saturated heterocycles. The molecule has 442 valence electrons. The van der Waals surface area contributed by atoms with Crippen LogP contribution in [-0.2, 0) is 66.7 Å². The summed E-state index contributed by atoms with van der Waals surface area (Å²) in [5.74, 6) is -4.63. The Morgan fingerprint density at radius 3 is 1.72 bits per heavy atom. The molecule has 0 aromatic rings. The van der Waals surface area contributed by atoms with Crippen LogP contribution in [0.2, 0.25) is 0 Å². The third-order valence-corrected chi connectivity index (χ3v) is 11.5. The maximum absolute atomic E-state index is 13.4. The van der Waals surface area contributed by atoms with Crippen molar-refractivity contribution in [2.45, 2.75) is 113 Å². The van der Waals surface area contributed by atoms with Crippen LogP contribution in [0.25, 0.3) is 0 Å². The molecule has 0 saturated carbocycles. The highest BCUT2D eigenvalue weighted by Gasteiger charge is 2.45. The number of carboxylic acid groups (broad SMARTS) is 2. The Labute approximate surface area is 452 Å². The monoisotopic (exact) mass is 1120 g/mol. The van der Waals surface area contributed by atoms with Crippen molar-refractivity contribution >= 4 is 47.5 Å². The maximum Gasteiger partial charge on any atom is 0.370 e. The highest BCUT2D eigenvalue weighted by Crippen LogP contribution is 2.26. The van der Waals surface area contributed by atoms with Gasteiger partial charge in [-0.3, -0.25) is 30.0 Å². The average Bonchev–Trinajstić information content (AvgIpc) is 3.39. The summed E-state index contributed by atoms with van der Waals surface area (Å²) in [6.07, 6.45) is 2.07. The van der Waals surface area contributed by atoms with Gasteiger partial charge in [-0.05, 0) is 50.7 Å². The number of carboxylic acids is 2. The third kappa shape index (κ3) is 27.8. The van der Waals surface area contributed by atoms with Crippen LogP contribution in [0.4, 0.5) is 0 Å². The first kappa shape index (κ1) is 67.7. The van der Waals surface area contributed by atoms with Gasteiger partial charge in [0.1, 0.15) is 50.3 Å². The molecule has 0 radical (unpaired) electrons. The molecule has 0 unspecified atom stereocenters. The minimum absolute atomic E-state index is 0.00778. The number of aliphatic carboxylic acids is 2. The summed E-state index contributed by atoms with van der Waals surface area (Å²) in [7, 11) is 0. The molecule has 30 heteroatoms. The van der Waals surface area contributed by atoms with Gasteiger partial charge in [0.15, 0.2) is 18.0 Å². The van der Waals surface area contributed by atoms with E-state index in [0.29, 0.717) is 78.0 Å². The minimum atomic E-state index is -1.71. The van der Waals surface area contributed by atoms with Crippen molar-refractivity contribution in [1.29, 1.82) is 10.8 Å². The Balaban J connectivity index is 1.92. The molecule has 2 aliphatic heterocycles. The number of aliphatic hydroxyl groups is 4. The van der Waals surface area contributed by atoms with Crippen LogP contribution in [-0.4, -0.2) is 243 Å². The van der Waals surface area contributed by atoms with E-state index in [-0.39, 0.29) is 58.3 Å². The molecule has 0 spiro atoms. The van der Waals surface area contributed by atoms with E-state index >= 15 is 0 Å². The van der Waals surface area contributed by atoms with E-state index in [4.69, 9.17) is 66.6 Å². The van der Waals surface area contributed by atoms with E-state index in [1.54, 1.807) is 4.90 Å². The normalized spacial score (nSPS) is 19.4. The molecule has 0 aliphatic carbocycles. The molecule has 9 atom stereocenters. The molecule has 2 heterocycles. The second kappa shape index (κ2) is 39.0. The first-order valence-corrected chi connectivity index (χ1v) is 25.4. The first-order valence-electron chi connectivity index (χ1n) is 25.4. The number of hydrogen-bond acceptors (Lipinski definition) is 20. The van der Waals surface area contributed by atoms with Crippen molar-refractivity contribution in [1.82, 2.24) is 31.5 Å². The van der Waals surface area contributed by atoms with Crippen molar-refractivity contribution in [2.24, 2.45) is 11.5 Å². The van der Waals surface area contributed by atoms with Gasteiger partial charge in [0, 0.05) is 39.5 Å². The Morgan fingerprint density at radius 2 is 1.22 bits per heavy atom. The molecule has 30 nitrogen and oxygen atoms in total. The third-order valence-electron chi connectivity index (χ3n) is 11.5. The maximum atomic E-state index is 13.4. The molecular formula is C48H80N10O20. The Hall–Kier alpha value is -6.40. The zero-order valence-electron chi connectivity index (χ0n) is 43.9. The number of carbonyl (C=O) groups excluding carboxylic acids is 4. The molecule has 2 aliphatic rings. The summed E-state index contributed by atoms with van der Waals surface area (Å²) < 4.78 is 44.0. The zero-order valence-corrected chi connectivity index (χ0v) is 43.9. The fourth-order valence-corrected chi connectivity index (χ4v) is 7.89. The van der Waals surface area contributed by atoms with E-state index in [9.17, 15) is 59.4 Å². The summed E-state index contributed by atoms with van der Waals surface area (Å²) in [6.45, 7) is 1.80.